The van der Waals surface area contributed by atoms with Gasteiger partial charge in [-0.15, -0.1) is 0 Å². The molecule has 1 aliphatic rings. The fourth-order valence-corrected chi connectivity index (χ4v) is 3.39. The van der Waals surface area contributed by atoms with Crippen molar-refractivity contribution in [3.05, 3.63) is 23.7 Å². The van der Waals surface area contributed by atoms with Gasteiger partial charge in [0, 0.05) is 0 Å². The number of furan rings is 1. The molecule has 1 saturated carbocycles. The normalized spacial score (nSPS) is 19.3. The van der Waals surface area contributed by atoms with Gasteiger partial charge in [-0.2, -0.15) is 0 Å². The predicted octanol–water partition coefficient (Wildman–Crippen LogP) is 3.30. The monoisotopic (exact) mass is 265 g/mol. The van der Waals surface area contributed by atoms with Crippen molar-refractivity contribution in [2.24, 2.45) is 5.41 Å². The number of hydrogen-bond acceptors (Lipinski definition) is 4. The van der Waals surface area contributed by atoms with E-state index in [9.17, 15) is 4.79 Å². The lowest BCUT2D eigenvalue weighted by atomic mass is 9.75. The van der Waals surface area contributed by atoms with Crippen molar-refractivity contribution >= 4 is 5.97 Å². The van der Waals surface area contributed by atoms with Crippen molar-refractivity contribution in [3.8, 4) is 0 Å². The molecule has 4 nitrogen and oxygen atoms in total. The predicted molar refractivity (Wildman–Crippen MR) is 73.0 cm³/mol. The van der Waals surface area contributed by atoms with Crippen molar-refractivity contribution in [2.45, 2.75) is 45.1 Å². The zero-order valence-electron chi connectivity index (χ0n) is 12.0. The van der Waals surface area contributed by atoms with Gasteiger partial charge in [0.2, 0.25) is 5.76 Å². The van der Waals surface area contributed by atoms with Gasteiger partial charge in [-0.25, -0.2) is 4.79 Å². The van der Waals surface area contributed by atoms with Gasteiger partial charge in [0.25, 0.3) is 0 Å². The van der Waals surface area contributed by atoms with E-state index in [0.29, 0.717) is 0 Å². The standard InChI is InChI=1S/C15H23NO3/c1-4-15(9-5-6-10-15)13(16-2)11-7-8-12(19-11)14(17)18-3/h7-8,13,16H,4-6,9-10H2,1-3H3. The maximum Gasteiger partial charge on any atom is 0.373 e. The average molecular weight is 265 g/mol. The van der Waals surface area contributed by atoms with Crippen LogP contribution in [0.15, 0.2) is 16.5 Å². The highest BCUT2D eigenvalue weighted by Gasteiger charge is 2.41. The van der Waals surface area contributed by atoms with Crippen LogP contribution in [0.5, 0.6) is 0 Å². The van der Waals surface area contributed by atoms with Gasteiger partial charge in [-0.05, 0) is 43.9 Å². The van der Waals surface area contributed by atoms with E-state index in [1.807, 2.05) is 13.1 Å². The number of carbonyl (C=O) groups excluding carboxylic acids is 1. The van der Waals surface area contributed by atoms with Crippen molar-refractivity contribution in [2.75, 3.05) is 14.2 Å². The van der Waals surface area contributed by atoms with Crippen molar-refractivity contribution in [1.29, 1.82) is 0 Å². The van der Waals surface area contributed by atoms with E-state index in [4.69, 9.17) is 4.42 Å². The minimum absolute atomic E-state index is 0.165. The topological polar surface area (TPSA) is 51.5 Å². The van der Waals surface area contributed by atoms with Gasteiger partial charge >= 0.3 is 5.97 Å². The third-order valence-corrected chi connectivity index (χ3v) is 4.50. The van der Waals surface area contributed by atoms with E-state index in [1.54, 1.807) is 6.07 Å². The van der Waals surface area contributed by atoms with Crippen LogP contribution >= 0.6 is 0 Å². The fraction of sp³-hybridized carbons (Fsp3) is 0.667. The first-order valence-corrected chi connectivity index (χ1v) is 7.02. The molecule has 19 heavy (non-hydrogen) atoms. The summed E-state index contributed by atoms with van der Waals surface area (Å²) in [6, 6.07) is 3.76. The number of ether oxygens (including phenoxy) is 1. The van der Waals surface area contributed by atoms with Gasteiger partial charge in [-0.3, -0.25) is 0 Å². The van der Waals surface area contributed by atoms with Crippen LogP contribution in [0, 0.1) is 5.41 Å². The van der Waals surface area contributed by atoms with E-state index in [1.165, 1.54) is 32.8 Å². The second-order valence-electron chi connectivity index (χ2n) is 5.34. The summed E-state index contributed by atoms with van der Waals surface area (Å²) < 4.78 is 10.4. The molecule has 1 fully saturated rings. The van der Waals surface area contributed by atoms with E-state index in [2.05, 4.69) is 17.0 Å². The number of carbonyl (C=O) groups is 1. The van der Waals surface area contributed by atoms with Crippen LogP contribution < -0.4 is 5.32 Å². The van der Waals surface area contributed by atoms with Crippen LogP contribution in [0.4, 0.5) is 0 Å². The van der Waals surface area contributed by atoms with Gasteiger partial charge < -0.3 is 14.5 Å². The van der Waals surface area contributed by atoms with Crippen molar-refractivity contribution in [1.82, 2.24) is 5.32 Å². The summed E-state index contributed by atoms with van der Waals surface area (Å²) in [5, 5.41) is 3.38. The minimum atomic E-state index is -0.418. The molecular formula is C15H23NO3. The highest BCUT2D eigenvalue weighted by molar-refractivity contribution is 5.86. The van der Waals surface area contributed by atoms with E-state index >= 15 is 0 Å². The second-order valence-corrected chi connectivity index (χ2v) is 5.34. The number of hydrogen-bond donors (Lipinski definition) is 1. The third-order valence-electron chi connectivity index (χ3n) is 4.50. The molecule has 0 amide bonds. The van der Waals surface area contributed by atoms with Crippen LogP contribution in [0.1, 0.15) is 61.4 Å². The Balaban J connectivity index is 2.26. The Morgan fingerprint density at radius 2 is 2.16 bits per heavy atom. The first-order chi connectivity index (χ1) is 9.16. The summed E-state index contributed by atoms with van der Waals surface area (Å²) in [7, 11) is 3.32. The molecule has 0 aliphatic heterocycles. The summed E-state index contributed by atoms with van der Waals surface area (Å²) in [6.45, 7) is 2.24. The number of nitrogens with one attached hydrogen (secondary N) is 1. The number of methoxy groups -OCH3 is 1. The zero-order chi connectivity index (χ0) is 13.9. The molecule has 1 aromatic heterocycles. The quantitative estimate of drug-likeness (QED) is 0.830. The zero-order valence-corrected chi connectivity index (χ0v) is 12.0. The van der Waals surface area contributed by atoms with Gasteiger partial charge in [0.1, 0.15) is 5.76 Å². The summed E-state index contributed by atoms with van der Waals surface area (Å²) in [5.41, 5.74) is 0.250. The van der Waals surface area contributed by atoms with Crippen molar-refractivity contribution in [3.63, 3.8) is 0 Å². The molecule has 0 radical (unpaired) electrons. The van der Waals surface area contributed by atoms with Crippen LogP contribution in [0.25, 0.3) is 0 Å². The molecule has 1 heterocycles. The summed E-state index contributed by atoms with van der Waals surface area (Å²) in [5.74, 6) is 0.701. The molecule has 4 heteroatoms. The Hall–Kier alpha value is -1.29. The van der Waals surface area contributed by atoms with Gasteiger partial charge in [-0.1, -0.05) is 19.8 Å². The van der Waals surface area contributed by atoms with Crippen LogP contribution in [-0.2, 0) is 4.74 Å². The lowest BCUT2D eigenvalue weighted by Gasteiger charge is -2.35. The SMILES string of the molecule is CCC1(C(NC)c2ccc(C(=O)OC)o2)CCCC1. The van der Waals surface area contributed by atoms with Crippen LogP contribution in [0.3, 0.4) is 0 Å². The lowest BCUT2D eigenvalue weighted by Crippen LogP contribution is -2.34. The summed E-state index contributed by atoms with van der Waals surface area (Å²) in [4.78, 5) is 11.5. The van der Waals surface area contributed by atoms with Crippen LogP contribution in [-0.4, -0.2) is 20.1 Å². The smallest absolute Gasteiger partial charge is 0.373 e. The number of esters is 1. The van der Waals surface area contributed by atoms with Crippen LogP contribution in [0.2, 0.25) is 0 Å². The molecule has 1 atom stereocenters. The highest BCUT2D eigenvalue weighted by atomic mass is 16.5. The molecule has 1 aliphatic carbocycles. The summed E-state index contributed by atoms with van der Waals surface area (Å²) >= 11 is 0. The minimum Gasteiger partial charge on any atom is -0.463 e. The maximum absolute atomic E-state index is 11.5. The molecule has 0 saturated heterocycles. The second kappa shape index (κ2) is 5.78. The Morgan fingerprint density at radius 3 is 2.68 bits per heavy atom. The first-order valence-electron chi connectivity index (χ1n) is 7.02. The van der Waals surface area contributed by atoms with Gasteiger partial charge in [0.15, 0.2) is 0 Å². The molecule has 1 aromatic rings. The third kappa shape index (κ3) is 2.54. The largest absolute Gasteiger partial charge is 0.463 e. The lowest BCUT2D eigenvalue weighted by molar-refractivity contribution is 0.0557. The van der Waals surface area contributed by atoms with E-state index < -0.39 is 5.97 Å². The number of rotatable bonds is 5. The Kier molecular flexibility index (Phi) is 4.30. The van der Waals surface area contributed by atoms with Gasteiger partial charge in [0.05, 0.1) is 13.2 Å². The molecule has 1 unspecified atom stereocenters. The Bertz CT molecular complexity index is 432. The molecule has 106 valence electrons. The molecule has 2 rings (SSSR count). The van der Waals surface area contributed by atoms with E-state index in [-0.39, 0.29) is 17.2 Å². The average Bonchev–Trinajstić information content (AvgIpc) is 3.09. The fourth-order valence-electron chi connectivity index (χ4n) is 3.39. The first kappa shape index (κ1) is 14.1. The van der Waals surface area contributed by atoms with E-state index in [0.717, 1.165) is 12.2 Å². The summed E-state index contributed by atoms with van der Waals surface area (Å²) in [6.07, 6.45) is 6.09. The van der Waals surface area contributed by atoms with Crippen molar-refractivity contribution < 1.29 is 13.9 Å². The molecule has 0 aromatic carbocycles. The molecule has 1 N–H and O–H groups in total. The molecule has 0 spiro atoms. The Morgan fingerprint density at radius 1 is 1.47 bits per heavy atom. The maximum atomic E-state index is 11.5. The Labute approximate surface area is 114 Å². The molecular weight excluding hydrogens is 242 g/mol. The molecule has 0 bridgehead atoms. The highest BCUT2D eigenvalue weighted by Crippen LogP contribution is 2.50.